The molecule has 0 aliphatic heterocycles. The summed E-state index contributed by atoms with van der Waals surface area (Å²) in [5.41, 5.74) is 6.83. The highest BCUT2D eigenvalue weighted by Crippen LogP contribution is 2.21. The van der Waals surface area contributed by atoms with Crippen LogP contribution in [0.2, 0.25) is 0 Å². The Hall–Kier alpha value is -2.14. The fourth-order valence-corrected chi connectivity index (χ4v) is 2.03. The summed E-state index contributed by atoms with van der Waals surface area (Å²) in [4.78, 5) is 11.0. The molecule has 0 saturated heterocycles. The van der Waals surface area contributed by atoms with Gasteiger partial charge in [0.2, 0.25) is 0 Å². The van der Waals surface area contributed by atoms with Crippen LogP contribution in [0.3, 0.4) is 0 Å². The van der Waals surface area contributed by atoms with Gasteiger partial charge in [-0.3, -0.25) is 0 Å². The van der Waals surface area contributed by atoms with E-state index in [1.165, 1.54) is 0 Å². The van der Waals surface area contributed by atoms with Gasteiger partial charge in [-0.2, -0.15) is 0 Å². The number of benzene rings is 1. The second-order valence-electron chi connectivity index (χ2n) is 4.50. The van der Waals surface area contributed by atoms with Crippen LogP contribution in [0.25, 0.3) is 11.4 Å². The number of aliphatic hydroxyl groups excluding tert-OH is 1. The number of nitrogens with two attached hydrogens (primary N) is 1. The van der Waals surface area contributed by atoms with Crippen molar-refractivity contribution in [1.29, 1.82) is 0 Å². The zero-order valence-electron chi connectivity index (χ0n) is 11.7. The molecule has 3 N–H and O–H groups in total. The third-order valence-electron chi connectivity index (χ3n) is 3.06. The van der Waals surface area contributed by atoms with E-state index in [-0.39, 0.29) is 6.61 Å². The van der Waals surface area contributed by atoms with Crippen LogP contribution >= 0.6 is 0 Å². The van der Waals surface area contributed by atoms with E-state index in [0.29, 0.717) is 18.1 Å². The van der Waals surface area contributed by atoms with E-state index >= 15 is 0 Å². The van der Waals surface area contributed by atoms with Crippen LogP contribution < -0.4 is 10.6 Å². The molecule has 20 heavy (non-hydrogen) atoms. The largest absolute Gasteiger partial charge is 0.396 e. The summed E-state index contributed by atoms with van der Waals surface area (Å²) in [6.07, 6.45) is 0.707. The maximum atomic E-state index is 8.96. The summed E-state index contributed by atoms with van der Waals surface area (Å²) in [6.45, 7) is 3.78. The Labute approximate surface area is 119 Å². The maximum absolute atomic E-state index is 8.96. The third-order valence-corrected chi connectivity index (χ3v) is 3.06. The Morgan fingerprint density at radius 3 is 2.60 bits per heavy atom. The monoisotopic (exact) mass is 272 g/mol. The predicted molar refractivity (Wildman–Crippen MR) is 81.5 cm³/mol. The Morgan fingerprint density at radius 1 is 1.20 bits per heavy atom. The van der Waals surface area contributed by atoms with Crippen LogP contribution in [0.4, 0.5) is 11.6 Å². The normalized spacial score (nSPS) is 10.5. The molecule has 1 aromatic carbocycles. The minimum Gasteiger partial charge on any atom is -0.396 e. The first-order valence-corrected chi connectivity index (χ1v) is 6.80. The lowest BCUT2D eigenvalue weighted by molar-refractivity contribution is 0.289. The fraction of sp³-hybridized carbons (Fsp3) is 0.333. The average molecular weight is 272 g/mol. The summed E-state index contributed by atoms with van der Waals surface area (Å²) in [5, 5.41) is 8.96. The molecule has 2 aromatic rings. The molecule has 0 spiro atoms. The van der Waals surface area contributed by atoms with E-state index < -0.39 is 0 Å². The lowest BCUT2D eigenvalue weighted by Gasteiger charge is -2.22. The van der Waals surface area contributed by atoms with Gasteiger partial charge < -0.3 is 15.7 Å². The summed E-state index contributed by atoms with van der Waals surface area (Å²) in [6, 6.07) is 11.5. The Balaban J connectivity index is 2.33. The molecule has 1 aromatic heterocycles. The van der Waals surface area contributed by atoms with Crippen molar-refractivity contribution in [2.75, 3.05) is 30.3 Å². The molecule has 2 rings (SSSR count). The van der Waals surface area contributed by atoms with Crippen LogP contribution in [-0.4, -0.2) is 34.8 Å². The molecule has 1 heterocycles. The summed E-state index contributed by atoms with van der Waals surface area (Å²) < 4.78 is 0. The molecule has 0 saturated carbocycles. The lowest BCUT2D eigenvalue weighted by atomic mass is 10.2. The van der Waals surface area contributed by atoms with Crippen LogP contribution in [-0.2, 0) is 0 Å². The van der Waals surface area contributed by atoms with Crippen molar-refractivity contribution in [3.8, 4) is 11.4 Å². The summed E-state index contributed by atoms with van der Waals surface area (Å²) in [7, 11) is 0. The first kappa shape index (κ1) is 14.3. The summed E-state index contributed by atoms with van der Waals surface area (Å²) >= 11 is 0. The van der Waals surface area contributed by atoms with E-state index in [1.807, 2.05) is 30.3 Å². The predicted octanol–water partition coefficient (Wildman–Crippen LogP) is 1.93. The minimum atomic E-state index is 0.169. The van der Waals surface area contributed by atoms with Crippen molar-refractivity contribution >= 4 is 11.6 Å². The zero-order valence-corrected chi connectivity index (χ0v) is 11.7. The van der Waals surface area contributed by atoms with Crippen LogP contribution in [0, 0.1) is 0 Å². The van der Waals surface area contributed by atoms with E-state index in [4.69, 9.17) is 10.8 Å². The molecule has 0 fully saturated rings. The number of anilines is 2. The van der Waals surface area contributed by atoms with Gasteiger partial charge >= 0.3 is 0 Å². The Kier molecular flexibility index (Phi) is 4.90. The quantitative estimate of drug-likeness (QED) is 0.840. The van der Waals surface area contributed by atoms with Gasteiger partial charge in [-0.15, -0.1) is 0 Å². The average Bonchev–Trinajstić information content (AvgIpc) is 2.48. The Bertz CT molecular complexity index is 545. The molecule has 0 aliphatic rings. The molecular formula is C15H20N4O. The van der Waals surface area contributed by atoms with E-state index in [9.17, 15) is 0 Å². The van der Waals surface area contributed by atoms with Gasteiger partial charge in [0.15, 0.2) is 5.82 Å². The van der Waals surface area contributed by atoms with Crippen LogP contribution in [0.15, 0.2) is 36.4 Å². The molecule has 0 atom stereocenters. The van der Waals surface area contributed by atoms with E-state index in [2.05, 4.69) is 21.8 Å². The number of hydrogen-bond donors (Lipinski definition) is 2. The lowest BCUT2D eigenvalue weighted by Crippen LogP contribution is -2.26. The topological polar surface area (TPSA) is 75.3 Å². The zero-order chi connectivity index (χ0) is 14.4. The number of hydrogen-bond acceptors (Lipinski definition) is 5. The Morgan fingerprint density at radius 2 is 1.95 bits per heavy atom. The highest BCUT2D eigenvalue weighted by Gasteiger charge is 2.10. The first-order valence-electron chi connectivity index (χ1n) is 6.80. The molecular weight excluding hydrogens is 252 g/mol. The molecule has 5 heteroatoms. The van der Waals surface area contributed by atoms with Gasteiger partial charge in [-0.25, -0.2) is 9.97 Å². The van der Waals surface area contributed by atoms with Gasteiger partial charge in [0.25, 0.3) is 0 Å². The number of rotatable bonds is 6. The van der Waals surface area contributed by atoms with Gasteiger partial charge in [0.05, 0.1) is 0 Å². The SMILES string of the molecule is CCN(CCCO)c1cc(N)nc(-c2ccccc2)n1. The highest BCUT2D eigenvalue weighted by molar-refractivity contribution is 5.60. The van der Waals surface area contributed by atoms with Gasteiger partial charge in [0, 0.05) is 31.3 Å². The van der Waals surface area contributed by atoms with Gasteiger partial charge in [0.1, 0.15) is 11.6 Å². The standard InChI is InChI=1S/C15H20N4O/c1-2-19(9-6-10-20)14-11-13(16)17-15(18-14)12-7-4-3-5-8-12/h3-5,7-8,11,20H,2,6,9-10H2,1H3,(H2,16,17,18). The smallest absolute Gasteiger partial charge is 0.163 e. The third kappa shape index (κ3) is 3.45. The highest BCUT2D eigenvalue weighted by atomic mass is 16.3. The second-order valence-corrected chi connectivity index (χ2v) is 4.50. The first-order chi connectivity index (χ1) is 9.74. The molecule has 0 unspecified atom stereocenters. The second kappa shape index (κ2) is 6.86. The van der Waals surface area contributed by atoms with Crippen molar-refractivity contribution in [3.63, 3.8) is 0 Å². The molecule has 0 aliphatic carbocycles. The molecule has 0 amide bonds. The fourth-order valence-electron chi connectivity index (χ4n) is 2.03. The molecule has 0 radical (unpaired) electrons. The van der Waals surface area contributed by atoms with Crippen LogP contribution in [0.1, 0.15) is 13.3 Å². The number of aromatic nitrogens is 2. The van der Waals surface area contributed by atoms with Crippen LogP contribution in [0.5, 0.6) is 0 Å². The van der Waals surface area contributed by atoms with Crippen molar-refractivity contribution in [2.24, 2.45) is 0 Å². The molecule has 106 valence electrons. The molecule has 0 bridgehead atoms. The number of nitrogens with zero attached hydrogens (tertiary/aromatic N) is 3. The van der Waals surface area contributed by atoms with Gasteiger partial charge in [-0.1, -0.05) is 30.3 Å². The van der Waals surface area contributed by atoms with Gasteiger partial charge in [-0.05, 0) is 13.3 Å². The number of aliphatic hydroxyl groups is 1. The van der Waals surface area contributed by atoms with Crippen molar-refractivity contribution in [1.82, 2.24) is 9.97 Å². The van der Waals surface area contributed by atoms with E-state index in [0.717, 1.165) is 24.5 Å². The van der Waals surface area contributed by atoms with Crippen molar-refractivity contribution in [2.45, 2.75) is 13.3 Å². The molecule has 5 nitrogen and oxygen atoms in total. The minimum absolute atomic E-state index is 0.169. The van der Waals surface area contributed by atoms with Crippen molar-refractivity contribution < 1.29 is 5.11 Å². The maximum Gasteiger partial charge on any atom is 0.163 e. The van der Waals surface area contributed by atoms with E-state index in [1.54, 1.807) is 6.07 Å². The number of nitrogen functional groups attached to an aromatic ring is 1. The summed E-state index contributed by atoms with van der Waals surface area (Å²) in [5.74, 6) is 1.88. The van der Waals surface area contributed by atoms with Crippen molar-refractivity contribution in [3.05, 3.63) is 36.4 Å².